The summed E-state index contributed by atoms with van der Waals surface area (Å²) in [5, 5.41) is 11.6. The third-order valence-corrected chi connectivity index (χ3v) is 6.25. The van der Waals surface area contributed by atoms with Crippen LogP contribution in [-0.4, -0.2) is 27.8 Å². The highest BCUT2D eigenvalue weighted by molar-refractivity contribution is 6.33. The summed E-state index contributed by atoms with van der Waals surface area (Å²) < 4.78 is 7.17. The molecule has 1 atom stereocenters. The zero-order valence-corrected chi connectivity index (χ0v) is 20.3. The molecule has 1 aromatic heterocycles. The van der Waals surface area contributed by atoms with Gasteiger partial charge in [0.05, 0.1) is 23.4 Å². The number of carbonyl (C=O) groups excluding carboxylic acids is 1. The van der Waals surface area contributed by atoms with Gasteiger partial charge in [0, 0.05) is 11.3 Å². The highest BCUT2D eigenvalue weighted by Gasteiger charge is 2.35. The van der Waals surface area contributed by atoms with Crippen LogP contribution in [0.3, 0.4) is 0 Å². The molecule has 1 unspecified atom stereocenters. The molecule has 0 saturated heterocycles. The van der Waals surface area contributed by atoms with Gasteiger partial charge >= 0.3 is 0 Å². The molecular weight excluding hydrogens is 462 g/mol. The molecule has 0 saturated carbocycles. The number of anilines is 2. The molecule has 0 bridgehead atoms. The molecule has 2 heterocycles. The summed E-state index contributed by atoms with van der Waals surface area (Å²) in [6.45, 7) is 3.89. The molecule has 0 spiro atoms. The summed E-state index contributed by atoms with van der Waals surface area (Å²) in [7, 11) is 1.57. The number of aromatic nitrogens is 3. The molecule has 0 aliphatic carbocycles. The molecule has 2 N–H and O–H groups in total. The standard InChI is InChI=1S/C27H24ClN5O2/c1-16-9-8-10-18(15-16)24-23(26(34)30-21-13-6-7-14-22(21)35-3)17(2)29-27-31-25(32-33(24)27)19-11-4-5-12-20(19)28/h4-15,24H,1-3H3,(H,30,34)(H,29,31,32). The Morgan fingerprint density at radius 1 is 1.06 bits per heavy atom. The van der Waals surface area contributed by atoms with Gasteiger partial charge in [0.2, 0.25) is 5.95 Å². The Labute approximate surface area is 208 Å². The van der Waals surface area contributed by atoms with Crippen molar-refractivity contribution in [2.24, 2.45) is 0 Å². The lowest BCUT2D eigenvalue weighted by Gasteiger charge is -2.29. The zero-order chi connectivity index (χ0) is 24.5. The van der Waals surface area contributed by atoms with Gasteiger partial charge in [0.25, 0.3) is 5.91 Å². The van der Waals surface area contributed by atoms with Gasteiger partial charge < -0.3 is 15.4 Å². The van der Waals surface area contributed by atoms with Crippen molar-refractivity contribution in [1.82, 2.24) is 14.8 Å². The molecule has 5 rings (SSSR count). The number of hydrogen-bond acceptors (Lipinski definition) is 5. The minimum atomic E-state index is -0.496. The molecular formula is C27H24ClN5O2. The van der Waals surface area contributed by atoms with Crippen LogP contribution in [0.25, 0.3) is 11.4 Å². The van der Waals surface area contributed by atoms with E-state index < -0.39 is 6.04 Å². The number of amides is 1. The number of hydrogen-bond donors (Lipinski definition) is 2. The largest absolute Gasteiger partial charge is 0.495 e. The van der Waals surface area contributed by atoms with Gasteiger partial charge in [-0.1, -0.05) is 65.7 Å². The molecule has 7 nitrogen and oxygen atoms in total. The lowest BCUT2D eigenvalue weighted by Crippen LogP contribution is -2.31. The second-order valence-electron chi connectivity index (χ2n) is 8.32. The van der Waals surface area contributed by atoms with Crippen LogP contribution in [0.15, 0.2) is 84.1 Å². The van der Waals surface area contributed by atoms with Gasteiger partial charge in [0.1, 0.15) is 11.8 Å². The highest BCUT2D eigenvalue weighted by atomic mass is 35.5. The Morgan fingerprint density at radius 2 is 1.83 bits per heavy atom. The van der Waals surface area contributed by atoms with E-state index in [1.165, 1.54) is 0 Å². The Hall–Kier alpha value is -4.10. The Morgan fingerprint density at radius 3 is 2.60 bits per heavy atom. The number of para-hydroxylation sites is 2. The quantitative estimate of drug-likeness (QED) is 0.371. The van der Waals surface area contributed by atoms with Gasteiger partial charge in [-0.15, -0.1) is 5.10 Å². The first-order chi connectivity index (χ1) is 17.0. The average Bonchev–Trinajstić information content (AvgIpc) is 3.27. The van der Waals surface area contributed by atoms with E-state index in [0.29, 0.717) is 39.5 Å². The molecule has 8 heteroatoms. The Kier molecular flexibility index (Phi) is 6.01. The minimum absolute atomic E-state index is 0.258. The maximum atomic E-state index is 13.7. The summed E-state index contributed by atoms with van der Waals surface area (Å²) in [5.74, 6) is 1.34. The fourth-order valence-electron chi connectivity index (χ4n) is 4.29. The summed E-state index contributed by atoms with van der Waals surface area (Å²) in [4.78, 5) is 18.4. The fourth-order valence-corrected chi connectivity index (χ4v) is 4.51. The van der Waals surface area contributed by atoms with Crippen molar-refractivity contribution >= 4 is 29.1 Å². The van der Waals surface area contributed by atoms with Crippen molar-refractivity contribution < 1.29 is 9.53 Å². The summed E-state index contributed by atoms with van der Waals surface area (Å²) in [6, 6.07) is 22.3. The van der Waals surface area contributed by atoms with Gasteiger partial charge in [-0.2, -0.15) is 4.98 Å². The van der Waals surface area contributed by atoms with Crippen LogP contribution >= 0.6 is 11.6 Å². The van der Waals surface area contributed by atoms with Crippen molar-refractivity contribution in [2.75, 3.05) is 17.7 Å². The second kappa shape index (κ2) is 9.27. The van der Waals surface area contributed by atoms with Crippen molar-refractivity contribution in [3.05, 3.63) is 100 Å². The number of allylic oxidation sites excluding steroid dienone is 1. The number of benzene rings is 3. The third-order valence-electron chi connectivity index (χ3n) is 5.93. The Bertz CT molecular complexity index is 1460. The molecule has 4 aromatic rings. The summed E-state index contributed by atoms with van der Waals surface area (Å²) in [6.07, 6.45) is 0. The van der Waals surface area contributed by atoms with Gasteiger partial charge in [-0.25, -0.2) is 4.68 Å². The molecule has 1 aliphatic rings. The van der Waals surface area contributed by atoms with Gasteiger partial charge in [-0.3, -0.25) is 4.79 Å². The van der Waals surface area contributed by atoms with Crippen molar-refractivity contribution in [2.45, 2.75) is 19.9 Å². The van der Waals surface area contributed by atoms with E-state index >= 15 is 0 Å². The van der Waals surface area contributed by atoms with E-state index in [2.05, 4.69) is 16.7 Å². The van der Waals surface area contributed by atoms with Crippen LogP contribution < -0.4 is 15.4 Å². The van der Waals surface area contributed by atoms with Gasteiger partial charge in [-0.05, 0) is 43.7 Å². The molecule has 0 fully saturated rings. The number of carbonyl (C=O) groups is 1. The topological polar surface area (TPSA) is 81.1 Å². The van der Waals surface area contributed by atoms with E-state index in [1.54, 1.807) is 30.0 Å². The molecule has 1 amide bonds. The molecule has 176 valence electrons. The number of nitrogens with one attached hydrogen (secondary N) is 2. The number of rotatable bonds is 5. The van der Waals surface area contributed by atoms with Crippen LogP contribution in [0.5, 0.6) is 5.75 Å². The third kappa shape index (κ3) is 4.26. The van der Waals surface area contributed by atoms with Crippen LogP contribution in [0.4, 0.5) is 11.6 Å². The number of halogens is 1. The maximum Gasteiger partial charge on any atom is 0.255 e. The van der Waals surface area contributed by atoms with E-state index in [-0.39, 0.29) is 5.91 Å². The van der Waals surface area contributed by atoms with Crippen molar-refractivity contribution in [3.63, 3.8) is 0 Å². The number of fused-ring (bicyclic) bond motifs is 1. The second-order valence-corrected chi connectivity index (χ2v) is 8.73. The lowest BCUT2D eigenvalue weighted by atomic mass is 9.94. The van der Waals surface area contributed by atoms with Crippen LogP contribution in [0, 0.1) is 6.92 Å². The highest BCUT2D eigenvalue weighted by Crippen LogP contribution is 2.38. The zero-order valence-electron chi connectivity index (χ0n) is 19.5. The van der Waals surface area contributed by atoms with Crippen LogP contribution in [0.1, 0.15) is 24.1 Å². The minimum Gasteiger partial charge on any atom is -0.495 e. The molecule has 3 aromatic carbocycles. The van der Waals surface area contributed by atoms with Crippen molar-refractivity contribution in [1.29, 1.82) is 0 Å². The van der Waals surface area contributed by atoms with E-state index in [4.69, 9.17) is 26.4 Å². The average molecular weight is 486 g/mol. The van der Waals surface area contributed by atoms with Crippen molar-refractivity contribution in [3.8, 4) is 17.1 Å². The fraction of sp³-hybridized carbons (Fsp3) is 0.148. The van der Waals surface area contributed by atoms with Gasteiger partial charge in [0.15, 0.2) is 5.82 Å². The predicted molar refractivity (Wildman–Crippen MR) is 138 cm³/mol. The lowest BCUT2D eigenvalue weighted by molar-refractivity contribution is -0.113. The van der Waals surface area contributed by atoms with Crippen LogP contribution in [0.2, 0.25) is 5.02 Å². The molecule has 35 heavy (non-hydrogen) atoms. The summed E-state index contributed by atoms with van der Waals surface area (Å²) in [5.41, 5.74) is 4.53. The molecule has 0 radical (unpaired) electrons. The normalized spacial score (nSPS) is 14.8. The summed E-state index contributed by atoms with van der Waals surface area (Å²) >= 11 is 6.43. The monoisotopic (exact) mass is 485 g/mol. The predicted octanol–water partition coefficient (Wildman–Crippen LogP) is 5.84. The number of methoxy groups -OCH3 is 1. The molecule has 1 aliphatic heterocycles. The number of nitrogens with zero attached hydrogens (tertiary/aromatic N) is 3. The maximum absolute atomic E-state index is 13.7. The first-order valence-corrected chi connectivity index (χ1v) is 11.5. The number of ether oxygens (including phenoxy) is 1. The van der Waals surface area contributed by atoms with E-state index in [9.17, 15) is 4.79 Å². The first-order valence-electron chi connectivity index (χ1n) is 11.2. The first kappa shape index (κ1) is 22.7. The Balaban J connectivity index is 1.62. The van der Waals surface area contributed by atoms with E-state index in [0.717, 1.165) is 16.7 Å². The van der Waals surface area contributed by atoms with E-state index in [1.807, 2.05) is 62.4 Å². The van der Waals surface area contributed by atoms with Crippen LogP contribution in [-0.2, 0) is 4.79 Å². The smallest absolute Gasteiger partial charge is 0.255 e. The number of aryl methyl sites for hydroxylation is 1. The SMILES string of the molecule is COc1ccccc1NC(=O)C1=C(C)Nc2nc(-c3ccccc3Cl)nn2C1c1cccc(C)c1.